The molecule has 1 aliphatic heterocycles. The van der Waals surface area contributed by atoms with Crippen molar-refractivity contribution in [3.8, 4) is 0 Å². The Bertz CT molecular complexity index is 1450. The van der Waals surface area contributed by atoms with Crippen LogP contribution in [0.5, 0.6) is 0 Å². The van der Waals surface area contributed by atoms with Gasteiger partial charge in [-0.2, -0.15) is 5.10 Å². The minimum atomic E-state index is -0.790. The molecule has 2 atom stereocenters. The molecule has 1 aliphatic carbocycles. The number of anilines is 1. The van der Waals surface area contributed by atoms with Gasteiger partial charge in [-0.15, -0.1) is 0 Å². The second-order valence-electron chi connectivity index (χ2n) is 12.4. The molecule has 5 rings (SSSR count). The Kier molecular flexibility index (Phi) is 11.0. The molecule has 2 N–H and O–H groups in total. The van der Waals surface area contributed by atoms with Gasteiger partial charge in [0.1, 0.15) is 17.6 Å². The van der Waals surface area contributed by atoms with Crippen molar-refractivity contribution in [1.82, 2.24) is 24.9 Å². The molecule has 2 fully saturated rings. The van der Waals surface area contributed by atoms with Gasteiger partial charge in [0.2, 0.25) is 11.8 Å². The number of carbonyl (C=O) groups is 3. The smallest absolute Gasteiger partial charge is 0.270 e. The molecule has 2 unspecified atom stereocenters. The first kappa shape index (κ1) is 32.3. The van der Waals surface area contributed by atoms with Gasteiger partial charge in [0.25, 0.3) is 5.91 Å². The fourth-order valence-corrected chi connectivity index (χ4v) is 6.51. The SMILES string of the molecule is CCn1nccc1C(=O)NC(C(=O)Nc1ccc(C(C)CC(=O)N2CCN(Cc3ccccc3)CC2)cc1F)C1CCCCC1. The Hall–Kier alpha value is -4.05. The number of aryl methyl sites for hydroxylation is 1. The Balaban J connectivity index is 1.17. The van der Waals surface area contributed by atoms with Crippen LogP contribution in [0.1, 0.15) is 79.9 Å². The van der Waals surface area contributed by atoms with Crippen molar-refractivity contribution in [2.45, 2.75) is 77.4 Å². The molecule has 2 aliphatic rings. The summed E-state index contributed by atoms with van der Waals surface area (Å²) in [5.41, 5.74) is 2.42. The van der Waals surface area contributed by atoms with Crippen LogP contribution in [0.15, 0.2) is 60.8 Å². The predicted molar refractivity (Wildman–Crippen MR) is 172 cm³/mol. The van der Waals surface area contributed by atoms with Crippen molar-refractivity contribution in [3.05, 3.63) is 83.4 Å². The van der Waals surface area contributed by atoms with Crippen molar-refractivity contribution in [2.75, 3.05) is 31.5 Å². The molecule has 0 spiro atoms. The number of rotatable bonds is 11. The van der Waals surface area contributed by atoms with E-state index in [2.05, 4.69) is 32.8 Å². The molecule has 0 radical (unpaired) electrons. The van der Waals surface area contributed by atoms with Crippen LogP contribution in [0.25, 0.3) is 0 Å². The van der Waals surface area contributed by atoms with Gasteiger partial charge in [0.05, 0.1) is 5.69 Å². The predicted octanol–water partition coefficient (Wildman–Crippen LogP) is 5.20. The molecule has 1 aromatic heterocycles. The zero-order valence-electron chi connectivity index (χ0n) is 26.4. The quantitative estimate of drug-likeness (QED) is 0.309. The Morgan fingerprint density at radius 1 is 0.978 bits per heavy atom. The number of benzene rings is 2. The monoisotopic (exact) mass is 616 g/mol. The lowest BCUT2D eigenvalue weighted by Crippen LogP contribution is -2.49. The van der Waals surface area contributed by atoms with E-state index < -0.39 is 17.8 Å². The maximum absolute atomic E-state index is 15.4. The number of hydrogen-bond acceptors (Lipinski definition) is 5. The highest BCUT2D eigenvalue weighted by atomic mass is 19.1. The number of hydrogen-bond donors (Lipinski definition) is 2. The van der Waals surface area contributed by atoms with E-state index in [1.807, 2.05) is 36.9 Å². The number of carbonyl (C=O) groups excluding carboxylic acids is 3. The third-order valence-corrected chi connectivity index (χ3v) is 9.21. The third kappa shape index (κ3) is 8.36. The maximum Gasteiger partial charge on any atom is 0.270 e. The van der Waals surface area contributed by atoms with E-state index >= 15 is 4.39 Å². The van der Waals surface area contributed by atoms with Crippen molar-refractivity contribution in [2.24, 2.45) is 5.92 Å². The highest BCUT2D eigenvalue weighted by Gasteiger charge is 2.32. The maximum atomic E-state index is 15.4. The van der Waals surface area contributed by atoms with Crippen LogP contribution < -0.4 is 10.6 Å². The summed E-state index contributed by atoms with van der Waals surface area (Å²) < 4.78 is 16.9. The lowest BCUT2D eigenvalue weighted by atomic mass is 9.83. The highest BCUT2D eigenvalue weighted by molar-refractivity contribution is 6.00. The summed E-state index contributed by atoms with van der Waals surface area (Å²) in [4.78, 5) is 44.0. The normalized spacial score (nSPS) is 17.4. The molecule has 1 saturated carbocycles. The summed E-state index contributed by atoms with van der Waals surface area (Å²) in [6.07, 6.45) is 6.56. The molecule has 240 valence electrons. The summed E-state index contributed by atoms with van der Waals surface area (Å²) in [6.45, 7) is 8.22. The molecule has 3 aromatic rings. The Morgan fingerprint density at radius 2 is 1.71 bits per heavy atom. The Morgan fingerprint density at radius 3 is 2.40 bits per heavy atom. The van der Waals surface area contributed by atoms with Crippen LogP contribution in [-0.4, -0.2) is 69.5 Å². The molecule has 9 nitrogen and oxygen atoms in total. The molecule has 2 heterocycles. The standard InChI is InChI=1S/C35H45FN6O3/c1-3-42-31(16-17-37-42)34(44)39-33(27-12-8-5-9-13-27)35(45)38-30-15-14-28(23-29(30)36)25(2)22-32(43)41-20-18-40(19-21-41)24-26-10-6-4-7-11-26/h4,6-7,10-11,14-17,23,25,27,33H,3,5,8-9,12-13,18-22,24H2,1-2H3,(H,38,45)(H,39,44). The summed E-state index contributed by atoms with van der Waals surface area (Å²) in [5, 5.41) is 9.82. The van der Waals surface area contributed by atoms with Gasteiger partial charge in [-0.1, -0.05) is 62.6 Å². The Labute approximate surface area is 265 Å². The first-order chi connectivity index (χ1) is 21.8. The van der Waals surface area contributed by atoms with Crippen molar-refractivity contribution >= 4 is 23.4 Å². The molecular weight excluding hydrogens is 571 g/mol. The van der Waals surface area contributed by atoms with Gasteiger partial charge in [0.15, 0.2) is 0 Å². The zero-order valence-corrected chi connectivity index (χ0v) is 26.4. The van der Waals surface area contributed by atoms with Crippen LogP contribution >= 0.6 is 0 Å². The minimum Gasteiger partial charge on any atom is -0.340 e. The fraction of sp³-hybridized carbons (Fsp3) is 0.486. The third-order valence-electron chi connectivity index (χ3n) is 9.21. The number of nitrogens with zero attached hydrogens (tertiary/aromatic N) is 4. The first-order valence-corrected chi connectivity index (χ1v) is 16.3. The summed E-state index contributed by atoms with van der Waals surface area (Å²) in [5.74, 6) is -1.51. The van der Waals surface area contributed by atoms with E-state index in [1.165, 1.54) is 11.6 Å². The number of aromatic nitrogens is 2. The fourth-order valence-electron chi connectivity index (χ4n) is 6.51. The number of amides is 3. The summed E-state index contributed by atoms with van der Waals surface area (Å²) >= 11 is 0. The summed E-state index contributed by atoms with van der Waals surface area (Å²) in [6, 6.07) is 15.9. The molecule has 0 bridgehead atoms. The summed E-state index contributed by atoms with van der Waals surface area (Å²) in [7, 11) is 0. The minimum absolute atomic E-state index is 0.0331. The van der Waals surface area contributed by atoms with Crippen LogP contribution in [0, 0.1) is 11.7 Å². The highest BCUT2D eigenvalue weighted by Crippen LogP contribution is 2.29. The topological polar surface area (TPSA) is 99.6 Å². The van der Waals surface area contributed by atoms with E-state index in [9.17, 15) is 14.4 Å². The van der Waals surface area contributed by atoms with Gasteiger partial charge < -0.3 is 15.5 Å². The van der Waals surface area contributed by atoms with Crippen LogP contribution in [0.3, 0.4) is 0 Å². The van der Waals surface area contributed by atoms with Gasteiger partial charge in [-0.05, 0) is 60.9 Å². The average molecular weight is 617 g/mol. The van der Waals surface area contributed by atoms with Gasteiger partial charge >= 0.3 is 0 Å². The van der Waals surface area contributed by atoms with E-state index in [0.29, 0.717) is 30.9 Å². The van der Waals surface area contributed by atoms with Crippen LogP contribution in [-0.2, 0) is 22.7 Å². The van der Waals surface area contributed by atoms with E-state index in [4.69, 9.17) is 0 Å². The zero-order chi connectivity index (χ0) is 31.8. The second-order valence-corrected chi connectivity index (χ2v) is 12.4. The van der Waals surface area contributed by atoms with Crippen molar-refractivity contribution in [1.29, 1.82) is 0 Å². The lowest BCUT2D eigenvalue weighted by molar-refractivity contribution is -0.133. The first-order valence-electron chi connectivity index (χ1n) is 16.3. The van der Waals surface area contributed by atoms with Gasteiger partial charge in [-0.3, -0.25) is 24.0 Å². The number of nitrogens with one attached hydrogen (secondary N) is 2. The second kappa shape index (κ2) is 15.3. The van der Waals surface area contributed by atoms with Gasteiger partial charge in [-0.25, -0.2) is 4.39 Å². The number of halogens is 1. The average Bonchev–Trinajstić information content (AvgIpc) is 3.55. The largest absolute Gasteiger partial charge is 0.340 e. The molecular formula is C35H45FN6O3. The molecule has 2 aromatic carbocycles. The molecule has 3 amide bonds. The van der Waals surface area contributed by atoms with Crippen molar-refractivity contribution < 1.29 is 18.8 Å². The molecule has 10 heteroatoms. The van der Waals surface area contributed by atoms with Crippen LogP contribution in [0.2, 0.25) is 0 Å². The van der Waals surface area contributed by atoms with E-state index in [0.717, 1.165) is 51.7 Å². The number of piperazine rings is 1. The van der Waals surface area contributed by atoms with Gasteiger partial charge in [0, 0.05) is 51.9 Å². The molecule has 1 saturated heterocycles. The van der Waals surface area contributed by atoms with E-state index in [-0.39, 0.29) is 35.8 Å². The van der Waals surface area contributed by atoms with Crippen LogP contribution in [0.4, 0.5) is 10.1 Å². The van der Waals surface area contributed by atoms with E-state index in [1.54, 1.807) is 29.1 Å². The lowest BCUT2D eigenvalue weighted by Gasteiger charge is -2.35. The van der Waals surface area contributed by atoms with Crippen molar-refractivity contribution in [3.63, 3.8) is 0 Å². The molecule has 45 heavy (non-hydrogen) atoms.